The molecule has 0 unspecified atom stereocenters. The minimum atomic E-state index is -0.247. The van der Waals surface area contributed by atoms with Crippen LogP contribution in [0.1, 0.15) is 30.6 Å². The Kier molecular flexibility index (Phi) is 6.21. The molecule has 0 spiro atoms. The van der Waals surface area contributed by atoms with E-state index < -0.39 is 0 Å². The SMILES string of the molecule is CO[C@H]1C[C@@H](CO)N(C(=O)c2cnc(OCC(C)C)c(Cl)c2)C1. The average Bonchev–Trinajstić information content (AvgIpc) is 2.96. The minimum absolute atomic E-state index is 0.0619. The van der Waals surface area contributed by atoms with Crippen LogP contribution in [0.25, 0.3) is 0 Å². The zero-order chi connectivity index (χ0) is 17.0. The number of nitrogens with zero attached hydrogens (tertiary/aromatic N) is 2. The van der Waals surface area contributed by atoms with Gasteiger partial charge in [-0.1, -0.05) is 25.4 Å². The van der Waals surface area contributed by atoms with Gasteiger partial charge in [-0.05, 0) is 18.4 Å². The number of hydrogen-bond donors (Lipinski definition) is 1. The van der Waals surface area contributed by atoms with Crippen molar-refractivity contribution < 1.29 is 19.4 Å². The molecule has 1 amide bonds. The molecule has 2 atom stereocenters. The molecule has 0 bridgehead atoms. The van der Waals surface area contributed by atoms with Crippen LogP contribution >= 0.6 is 11.6 Å². The van der Waals surface area contributed by atoms with Gasteiger partial charge in [-0.3, -0.25) is 4.79 Å². The van der Waals surface area contributed by atoms with Crippen molar-refractivity contribution in [1.82, 2.24) is 9.88 Å². The fourth-order valence-corrected chi connectivity index (χ4v) is 2.75. The number of carbonyl (C=O) groups excluding carboxylic acids is 1. The fourth-order valence-electron chi connectivity index (χ4n) is 2.53. The lowest BCUT2D eigenvalue weighted by atomic mass is 10.2. The van der Waals surface area contributed by atoms with Gasteiger partial charge in [0, 0.05) is 19.9 Å². The lowest BCUT2D eigenvalue weighted by molar-refractivity contribution is 0.0647. The first-order valence-corrected chi connectivity index (χ1v) is 8.07. The highest BCUT2D eigenvalue weighted by atomic mass is 35.5. The third-order valence-corrected chi connectivity index (χ3v) is 4.06. The van der Waals surface area contributed by atoms with Crippen molar-refractivity contribution in [1.29, 1.82) is 0 Å². The van der Waals surface area contributed by atoms with Crippen molar-refractivity contribution in [2.24, 2.45) is 5.92 Å². The van der Waals surface area contributed by atoms with Gasteiger partial charge in [0.1, 0.15) is 5.02 Å². The van der Waals surface area contributed by atoms with Crippen molar-refractivity contribution in [3.05, 3.63) is 22.8 Å². The topological polar surface area (TPSA) is 71.9 Å². The number of hydrogen-bond acceptors (Lipinski definition) is 5. The largest absolute Gasteiger partial charge is 0.476 e. The first-order chi connectivity index (χ1) is 11.0. The molecule has 0 radical (unpaired) electrons. The van der Waals surface area contributed by atoms with Gasteiger partial charge in [0.05, 0.1) is 30.9 Å². The molecular formula is C16H23ClN2O4. The van der Waals surface area contributed by atoms with Gasteiger partial charge in [0.2, 0.25) is 5.88 Å². The molecule has 1 N–H and O–H groups in total. The van der Waals surface area contributed by atoms with Crippen LogP contribution in [-0.4, -0.2) is 59.9 Å². The second kappa shape index (κ2) is 7.95. The maximum atomic E-state index is 12.6. The molecule has 1 aromatic heterocycles. The average molecular weight is 343 g/mol. The maximum absolute atomic E-state index is 12.6. The predicted octanol–water partition coefficient (Wildman–Crippen LogP) is 1.99. The van der Waals surface area contributed by atoms with E-state index in [0.29, 0.717) is 42.0 Å². The number of amides is 1. The highest BCUT2D eigenvalue weighted by Crippen LogP contribution is 2.26. The monoisotopic (exact) mass is 342 g/mol. The number of ether oxygens (including phenoxy) is 2. The van der Waals surface area contributed by atoms with Crippen LogP contribution in [0.2, 0.25) is 5.02 Å². The van der Waals surface area contributed by atoms with E-state index in [1.54, 1.807) is 18.1 Å². The lowest BCUT2D eigenvalue weighted by Crippen LogP contribution is -2.38. The Morgan fingerprint density at radius 3 is 2.87 bits per heavy atom. The standard InChI is InChI=1S/C16H23ClN2O4/c1-10(2)9-23-15-14(17)4-11(6-18-15)16(21)19-7-13(22-3)5-12(19)8-20/h4,6,10,12-13,20H,5,7-9H2,1-3H3/t12-,13-/m0/s1. The smallest absolute Gasteiger partial charge is 0.255 e. The van der Waals surface area contributed by atoms with Gasteiger partial charge in [0.15, 0.2) is 0 Å². The molecule has 128 valence electrons. The number of halogens is 1. The molecular weight excluding hydrogens is 320 g/mol. The van der Waals surface area contributed by atoms with E-state index >= 15 is 0 Å². The molecule has 0 aromatic carbocycles. The van der Waals surface area contributed by atoms with Gasteiger partial charge < -0.3 is 19.5 Å². The summed E-state index contributed by atoms with van der Waals surface area (Å²) in [7, 11) is 1.60. The lowest BCUT2D eigenvalue weighted by Gasteiger charge is -2.22. The number of likely N-dealkylation sites (tertiary alicyclic amines) is 1. The van der Waals surface area contributed by atoms with E-state index in [4.69, 9.17) is 21.1 Å². The summed E-state index contributed by atoms with van der Waals surface area (Å²) in [6.07, 6.45) is 2.02. The Labute approximate surface area is 141 Å². The maximum Gasteiger partial charge on any atom is 0.255 e. The summed E-state index contributed by atoms with van der Waals surface area (Å²) >= 11 is 6.16. The summed E-state index contributed by atoms with van der Waals surface area (Å²) < 4.78 is 10.8. The molecule has 1 aliphatic rings. The molecule has 0 saturated carbocycles. The van der Waals surface area contributed by atoms with E-state index in [1.165, 1.54) is 6.20 Å². The second-order valence-electron chi connectivity index (χ2n) is 6.10. The Morgan fingerprint density at radius 2 is 2.30 bits per heavy atom. The van der Waals surface area contributed by atoms with E-state index in [9.17, 15) is 9.90 Å². The molecule has 0 aliphatic carbocycles. The molecule has 1 saturated heterocycles. The van der Waals surface area contributed by atoms with Crippen LogP contribution in [0.15, 0.2) is 12.3 Å². The number of methoxy groups -OCH3 is 1. The summed E-state index contributed by atoms with van der Waals surface area (Å²) in [4.78, 5) is 18.4. The van der Waals surface area contributed by atoms with Crippen LogP contribution < -0.4 is 4.74 Å². The van der Waals surface area contributed by atoms with E-state index in [2.05, 4.69) is 4.98 Å². The zero-order valence-electron chi connectivity index (χ0n) is 13.7. The van der Waals surface area contributed by atoms with Crippen LogP contribution in [0.5, 0.6) is 5.88 Å². The number of aliphatic hydroxyl groups is 1. The summed E-state index contributed by atoms with van der Waals surface area (Å²) in [6.45, 7) is 4.92. The fraction of sp³-hybridized carbons (Fsp3) is 0.625. The normalized spacial score (nSPS) is 21.0. The molecule has 7 heteroatoms. The van der Waals surface area contributed by atoms with Gasteiger partial charge in [-0.15, -0.1) is 0 Å². The molecule has 1 aromatic rings. The third-order valence-electron chi connectivity index (χ3n) is 3.79. The molecule has 1 fully saturated rings. The first-order valence-electron chi connectivity index (χ1n) is 7.69. The van der Waals surface area contributed by atoms with Gasteiger partial charge >= 0.3 is 0 Å². The predicted molar refractivity (Wildman–Crippen MR) is 86.9 cm³/mol. The number of aromatic nitrogens is 1. The quantitative estimate of drug-likeness (QED) is 0.856. The van der Waals surface area contributed by atoms with Crippen molar-refractivity contribution >= 4 is 17.5 Å². The van der Waals surface area contributed by atoms with Crippen molar-refractivity contribution in [2.75, 3.05) is 26.9 Å². The van der Waals surface area contributed by atoms with Crippen molar-refractivity contribution in [3.63, 3.8) is 0 Å². The number of carbonyl (C=O) groups is 1. The van der Waals surface area contributed by atoms with Crippen LogP contribution in [0, 0.1) is 5.92 Å². The van der Waals surface area contributed by atoms with Crippen molar-refractivity contribution in [2.45, 2.75) is 32.4 Å². The van der Waals surface area contributed by atoms with Gasteiger partial charge in [-0.2, -0.15) is 0 Å². The Morgan fingerprint density at radius 1 is 1.57 bits per heavy atom. The Hall–Kier alpha value is -1.37. The summed E-state index contributed by atoms with van der Waals surface area (Å²) in [5.41, 5.74) is 0.377. The van der Waals surface area contributed by atoms with E-state index in [0.717, 1.165) is 0 Å². The number of rotatable bonds is 6. The molecule has 1 aliphatic heterocycles. The Bertz CT molecular complexity index is 553. The molecule has 6 nitrogen and oxygen atoms in total. The summed E-state index contributed by atoms with van der Waals surface area (Å²) in [6, 6.07) is 1.31. The number of aliphatic hydroxyl groups excluding tert-OH is 1. The van der Waals surface area contributed by atoms with Crippen LogP contribution in [-0.2, 0) is 4.74 Å². The molecule has 2 rings (SSSR count). The third kappa shape index (κ3) is 4.34. The van der Waals surface area contributed by atoms with Crippen LogP contribution in [0.3, 0.4) is 0 Å². The Balaban J connectivity index is 2.12. The highest BCUT2D eigenvalue weighted by Gasteiger charge is 2.35. The van der Waals surface area contributed by atoms with Gasteiger partial charge in [0.25, 0.3) is 5.91 Å². The first kappa shape index (κ1) is 18.0. The summed E-state index contributed by atoms with van der Waals surface area (Å²) in [5, 5.41) is 9.76. The molecule has 2 heterocycles. The summed E-state index contributed by atoms with van der Waals surface area (Å²) in [5.74, 6) is 0.468. The van der Waals surface area contributed by atoms with Crippen LogP contribution in [0.4, 0.5) is 0 Å². The number of pyridine rings is 1. The second-order valence-corrected chi connectivity index (χ2v) is 6.51. The van der Waals surface area contributed by atoms with Gasteiger partial charge in [-0.25, -0.2) is 4.98 Å². The van der Waals surface area contributed by atoms with E-state index in [-0.39, 0.29) is 24.7 Å². The zero-order valence-corrected chi connectivity index (χ0v) is 14.4. The molecule has 23 heavy (non-hydrogen) atoms. The van der Waals surface area contributed by atoms with E-state index in [1.807, 2.05) is 13.8 Å². The van der Waals surface area contributed by atoms with Crippen molar-refractivity contribution in [3.8, 4) is 5.88 Å². The highest BCUT2D eigenvalue weighted by molar-refractivity contribution is 6.32. The minimum Gasteiger partial charge on any atom is -0.476 e.